The first-order valence-electron chi connectivity index (χ1n) is 6.93. The monoisotopic (exact) mass is 302 g/mol. The molecule has 7 heteroatoms. The van der Waals surface area contributed by atoms with Gasteiger partial charge in [-0.3, -0.25) is 9.48 Å². The molecule has 1 aliphatic rings. The SMILES string of the molecule is Cc1nn(C)c(C)c1CC(=O)Nc1cc2c(cc1N)OCO2. The van der Waals surface area contributed by atoms with Gasteiger partial charge in [-0.05, 0) is 13.8 Å². The summed E-state index contributed by atoms with van der Waals surface area (Å²) in [6.45, 7) is 4.00. The number of rotatable bonds is 3. The average Bonchev–Trinajstić information content (AvgIpc) is 2.99. The van der Waals surface area contributed by atoms with Crippen LogP contribution < -0.4 is 20.5 Å². The molecule has 0 atom stereocenters. The van der Waals surface area contributed by atoms with Crippen molar-refractivity contribution in [3.63, 3.8) is 0 Å². The number of nitrogen functional groups attached to an aromatic ring is 1. The molecule has 0 fully saturated rings. The summed E-state index contributed by atoms with van der Waals surface area (Å²) in [5.74, 6) is 1.03. The first kappa shape index (κ1) is 14.2. The Kier molecular flexibility index (Phi) is 3.40. The first-order valence-corrected chi connectivity index (χ1v) is 6.93. The number of hydrogen-bond acceptors (Lipinski definition) is 5. The molecule has 0 saturated carbocycles. The van der Waals surface area contributed by atoms with E-state index in [2.05, 4.69) is 10.4 Å². The van der Waals surface area contributed by atoms with Gasteiger partial charge in [0.15, 0.2) is 11.5 Å². The molecular formula is C15H18N4O3. The summed E-state index contributed by atoms with van der Waals surface area (Å²) < 4.78 is 12.3. The molecular weight excluding hydrogens is 284 g/mol. The van der Waals surface area contributed by atoms with Gasteiger partial charge in [-0.15, -0.1) is 0 Å². The number of carbonyl (C=O) groups is 1. The summed E-state index contributed by atoms with van der Waals surface area (Å²) in [6, 6.07) is 3.33. The molecule has 1 amide bonds. The Morgan fingerprint density at radius 3 is 2.68 bits per heavy atom. The van der Waals surface area contributed by atoms with Crippen LogP contribution in [-0.4, -0.2) is 22.5 Å². The van der Waals surface area contributed by atoms with Gasteiger partial charge in [0.25, 0.3) is 0 Å². The van der Waals surface area contributed by atoms with Gasteiger partial charge in [-0.1, -0.05) is 0 Å². The van der Waals surface area contributed by atoms with Crippen molar-refractivity contribution in [3.05, 3.63) is 29.1 Å². The van der Waals surface area contributed by atoms with E-state index in [1.54, 1.807) is 16.8 Å². The quantitative estimate of drug-likeness (QED) is 0.839. The number of ether oxygens (including phenoxy) is 2. The highest BCUT2D eigenvalue weighted by Crippen LogP contribution is 2.38. The number of aryl methyl sites for hydroxylation is 2. The topological polar surface area (TPSA) is 91.4 Å². The fourth-order valence-corrected chi connectivity index (χ4v) is 2.49. The Hall–Kier alpha value is -2.70. The number of nitrogens with one attached hydrogen (secondary N) is 1. The van der Waals surface area contributed by atoms with Crippen LogP contribution in [0.5, 0.6) is 11.5 Å². The predicted octanol–water partition coefficient (Wildman–Crippen LogP) is 1.53. The second-order valence-corrected chi connectivity index (χ2v) is 5.29. The van der Waals surface area contributed by atoms with E-state index in [9.17, 15) is 4.79 Å². The minimum absolute atomic E-state index is 0.148. The van der Waals surface area contributed by atoms with Gasteiger partial charge in [0.1, 0.15) is 0 Å². The second-order valence-electron chi connectivity index (χ2n) is 5.29. The highest BCUT2D eigenvalue weighted by Gasteiger charge is 2.18. The van der Waals surface area contributed by atoms with Crippen molar-refractivity contribution in [3.8, 4) is 11.5 Å². The van der Waals surface area contributed by atoms with E-state index in [0.717, 1.165) is 17.0 Å². The minimum atomic E-state index is -0.148. The van der Waals surface area contributed by atoms with E-state index in [-0.39, 0.29) is 19.1 Å². The third-order valence-corrected chi connectivity index (χ3v) is 3.82. The van der Waals surface area contributed by atoms with E-state index in [0.29, 0.717) is 22.9 Å². The van der Waals surface area contributed by atoms with Crippen molar-refractivity contribution in [2.45, 2.75) is 20.3 Å². The zero-order chi connectivity index (χ0) is 15.9. The van der Waals surface area contributed by atoms with Gasteiger partial charge in [-0.2, -0.15) is 5.10 Å². The molecule has 0 bridgehead atoms. The Labute approximate surface area is 128 Å². The molecule has 0 unspecified atom stereocenters. The number of fused-ring (bicyclic) bond motifs is 1. The Bertz CT molecular complexity index is 752. The van der Waals surface area contributed by atoms with Gasteiger partial charge in [0, 0.05) is 30.4 Å². The lowest BCUT2D eigenvalue weighted by atomic mass is 10.1. The lowest BCUT2D eigenvalue weighted by Gasteiger charge is -2.09. The van der Waals surface area contributed by atoms with Crippen LogP contribution >= 0.6 is 0 Å². The molecule has 22 heavy (non-hydrogen) atoms. The van der Waals surface area contributed by atoms with Crippen LogP contribution in [-0.2, 0) is 18.3 Å². The fraction of sp³-hybridized carbons (Fsp3) is 0.333. The smallest absolute Gasteiger partial charge is 0.231 e. The van der Waals surface area contributed by atoms with E-state index in [4.69, 9.17) is 15.2 Å². The molecule has 0 radical (unpaired) electrons. The van der Waals surface area contributed by atoms with Gasteiger partial charge >= 0.3 is 0 Å². The zero-order valence-corrected chi connectivity index (χ0v) is 12.8. The molecule has 3 rings (SSSR count). The molecule has 2 heterocycles. The van der Waals surface area contributed by atoms with Crippen LogP contribution in [0.3, 0.4) is 0 Å². The standard InChI is InChI=1S/C15H18N4O3/c1-8-10(9(2)19(3)18-8)4-15(20)17-12-6-14-13(5-11(12)16)21-7-22-14/h5-6H,4,7,16H2,1-3H3,(H,17,20). The molecule has 0 aliphatic carbocycles. The van der Waals surface area contributed by atoms with Crippen molar-refractivity contribution in [2.24, 2.45) is 7.05 Å². The number of nitrogens with two attached hydrogens (primary N) is 1. The predicted molar refractivity (Wildman–Crippen MR) is 82.0 cm³/mol. The Morgan fingerprint density at radius 2 is 2.05 bits per heavy atom. The summed E-state index contributed by atoms with van der Waals surface area (Å²) in [4.78, 5) is 12.3. The summed E-state index contributed by atoms with van der Waals surface area (Å²) in [5.41, 5.74) is 9.66. The van der Waals surface area contributed by atoms with Crippen molar-refractivity contribution < 1.29 is 14.3 Å². The average molecular weight is 302 g/mol. The number of aromatic nitrogens is 2. The molecule has 7 nitrogen and oxygen atoms in total. The number of anilines is 2. The normalized spacial score (nSPS) is 12.5. The molecule has 1 aromatic heterocycles. The minimum Gasteiger partial charge on any atom is -0.454 e. The largest absolute Gasteiger partial charge is 0.454 e. The maximum absolute atomic E-state index is 12.3. The van der Waals surface area contributed by atoms with Gasteiger partial charge in [0.2, 0.25) is 12.7 Å². The molecule has 2 aromatic rings. The highest BCUT2D eigenvalue weighted by atomic mass is 16.7. The summed E-state index contributed by atoms with van der Waals surface area (Å²) in [5, 5.41) is 7.13. The summed E-state index contributed by atoms with van der Waals surface area (Å²) in [6.07, 6.45) is 0.249. The van der Waals surface area contributed by atoms with Gasteiger partial charge < -0.3 is 20.5 Å². The van der Waals surface area contributed by atoms with Crippen LogP contribution in [0.1, 0.15) is 17.0 Å². The highest BCUT2D eigenvalue weighted by molar-refractivity contribution is 5.96. The second kappa shape index (κ2) is 5.25. The van der Waals surface area contributed by atoms with E-state index in [1.165, 1.54) is 0 Å². The maximum atomic E-state index is 12.3. The Morgan fingerprint density at radius 1 is 1.36 bits per heavy atom. The molecule has 3 N–H and O–H groups in total. The number of hydrogen-bond donors (Lipinski definition) is 2. The van der Waals surface area contributed by atoms with Gasteiger partial charge in [-0.25, -0.2) is 0 Å². The third kappa shape index (κ3) is 2.45. The number of nitrogens with zero attached hydrogens (tertiary/aromatic N) is 2. The van der Waals surface area contributed by atoms with Gasteiger partial charge in [0.05, 0.1) is 23.5 Å². The van der Waals surface area contributed by atoms with Crippen LogP contribution in [0, 0.1) is 13.8 Å². The maximum Gasteiger partial charge on any atom is 0.231 e. The summed E-state index contributed by atoms with van der Waals surface area (Å²) in [7, 11) is 1.86. The lowest BCUT2D eigenvalue weighted by Crippen LogP contribution is -2.16. The molecule has 0 spiro atoms. The molecule has 1 aromatic carbocycles. The van der Waals surface area contributed by atoms with Crippen LogP contribution in [0.15, 0.2) is 12.1 Å². The number of benzene rings is 1. The van der Waals surface area contributed by atoms with Crippen LogP contribution in [0.2, 0.25) is 0 Å². The van der Waals surface area contributed by atoms with Crippen molar-refractivity contribution in [1.82, 2.24) is 9.78 Å². The lowest BCUT2D eigenvalue weighted by molar-refractivity contribution is -0.115. The van der Waals surface area contributed by atoms with Crippen molar-refractivity contribution in [1.29, 1.82) is 0 Å². The Balaban J connectivity index is 1.77. The van der Waals surface area contributed by atoms with Crippen LogP contribution in [0.25, 0.3) is 0 Å². The molecule has 0 saturated heterocycles. The van der Waals surface area contributed by atoms with Crippen LogP contribution in [0.4, 0.5) is 11.4 Å². The summed E-state index contributed by atoms with van der Waals surface area (Å²) >= 11 is 0. The fourth-order valence-electron chi connectivity index (χ4n) is 2.49. The van der Waals surface area contributed by atoms with Crippen molar-refractivity contribution >= 4 is 17.3 Å². The third-order valence-electron chi connectivity index (χ3n) is 3.82. The number of carbonyl (C=O) groups excluding carboxylic acids is 1. The molecule has 116 valence electrons. The zero-order valence-electron chi connectivity index (χ0n) is 12.8. The van der Waals surface area contributed by atoms with E-state index in [1.807, 2.05) is 20.9 Å². The van der Waals surface area contributed by atoms with Crippen molar-refractivity contribution in [2.75, 3.05) is 17.8 Å². The number of amides is 1. The first-order chi connectivity index (χ1) is 10.5. The van der Waals surface area contributed by atoms with E-state index >= 15 is 0 Å². The molecule has 1 aliphatic heterocycles. The van der Waals surface area contributed by atoms with E-state index < -0.39 is 0 Å².